The van der Waals surface area contributed by atoms with Crippen LogP contribution in [0.3, 0.4) is 0 Å². The van der Waals surface area contributed by atoms with Gasteiger partial charge < -0.3 is 19.3 Å². The number of carbonyl (C=O) groups excluding carboxylic acids is 1. The molecule has 1 fully saturated rings. The summed E-state index contributed by atoms with van der Waals surface area (Å²) in [5.74, 6) is -1.06. The molecule has 2 aliphatic rings. The summed E-state index contributed by atoms with van der Waals surface area (Å²) in [5, 5.41) is 3.25. The van der Waals surface area contributed by atoms with E-state index < -0.39 is 39.7 Å². The normalized spacial score (nSPS) is 18.6. The second kappa shape index (κ2) is 9.60. The molecule has 1 aliphatic heterocycles. The fourth-order valence-electron chi connectivity index (χ4n) is 4.01. The minimum Gasteiger partial charge on any atom is -0.598 e. The Balaban J connectivity index is 1.38. The van der Waals surface area contributed by atoms with Crippen molar-refractivity contribution in [1.29, 1.82) is 0 Å². The number of halogens is 4. The van der Waals surface area contributed by atoms with Crippen molar-refractivity contribution in [3.8, 4) is 11.5 Å². The number of hydrogen-bond donors (Lipinski definition) is 2. The van der Waals surface area contributed by atoms with E-state index in [1.165, 1.54) is 36.5 Å². The summed E-state index contributed by atoms with van der Waals surface area (Å²) >= 11 is 5.97. The van der Waals surface area contributed by atoms with Crippen LogP contribution in [-0.2, 0) is 21.6 Å². The molecule has 1 amide bonds. The van der Waals surface area contributed by atoms with E-state index >= 15 is 0 Å². The zero-order valence-electron chi connectivity index (χ0n) is 20.4. The van der Waals surface area contributed by atoms with Crippen molar-refractivity contribution in [2.24, 2.45) is 0 Å². The highest BCUT2D eigenvalue weighted by atomic mass is 35.5. The standard InChI is InChI=1S/C25H23ClF3N3O4S2/c1-23(2,3)38(34)32-20(15-6-5-14(27)11-16(15)26)19-12-30-22(37-19)31-21(33)24(8-9-24)13-4-7-17-18(10-13)36-25(28,29)35-17/h4-7,10-12,20,32H,8-9H2,1-3H3,(H,30,31,33)/t20-,38+/m0/s1. The molecule has 2 heterocycles. The average molecular weight is 586 g/mol. The molecule has 0 radical (unpaired) electrons. The lowest BCUT2D eigenvalue weighted by molar-refractivity contribution is -0.286. The van der Waals surface area contributed by atoms with Crippen LogP contribution < -0.4 is 19.5 Å². The van der Waals surface area contributed by atoms with Gasteiger partial charge in [0, 0.05) is 22.6 Å². The first-order chi connectivity index (χ1) is 17.8. The van der Waals surface area contributed by atoms with E-state index in [0.29, 0.717) is 28.8 Å². The first kappa shape index (κ1) is 27.1. The van der Waals surface area contributed by atoms with Crippen molar-refractivity contribution < 1.29 is 32.0 Å². The zero-order chi connectivity index (χ0) is 27.5. The maximum absolute atomic E-state index is 13.7. The molecule has 1 aromatic heterocycles. The van der Waals surface area contributed by atoms with E-state index in [2.05, 4.69) is 24.5 Å². The van der Waals surface area contributed by atoms with Crippen molar-refractivity contribution in [3.05, 3.63) is 69.4 Å². The van der Waals surface area contributed by atoms with Crippen molar-refractivity contribution in [2.45, 2.75) is 56.1 Å². The van der Waals surface area contributed by atoms with Gasteiger partial charge in [-0.1, -0.05) is 35.1 Å². The quantitative estimate of drug-likeness (QED) is 0.327. The number of amides is 1. The highest BCUT2D eigenvalue weighted by Gasteiger charge is 2.53. The zero-order valence-corrected chi connectivity index (χ0v) is 22.8. The van der Waals surface area contributed by atoms with Crippen LogP contribution in [0.15, 0.2) is 42.6 Å². The Morgan fingerprint density at radius 3 is 2.55 bits per heavy atom. The molecule has 0 spiro atoms. The Labute approximate surface area is 229 Å². The Hall–Kier alpha value is -2.51. The molecule has 0 unspecified atom stereocenters. The number of nitrogens with zero attached hydrogens (tertiary/aromatic N) is 1. The molecule has 1 aliphatic carbocycles. The van der Waals surface area contributed by atoms with E-state index in [1.54, 1.807) is 6.07 Å². The summed E-state index contributed by atoms with van der Waals surface area (Å²) in [6.45, 7) is 5.43. The van der Waals surface area contributed by atoms with Crippen molar-refractivity contribution in [2.75, 3.05) is 5.32 Å². The van der Waals surface area contributed by atoms with Crippen LogP contribution in [0.1, 0.15) is 55.7 Å². The fourth-order valence-corrected chi connectivity index (χ4v) is 6.06. The monoisotopic (exact) mass is 585 g/mol. The molecule has 5 rings (SSSR count). The summed E-state index contributed by atoms with van der Waals surface area (Å²) in [7, 11) is 0. The van der Waals surface area contributed by atoms with Gasteiger partial charge in [-0.25, -0.2) is 9.37 Å². The number of ether oxygens (including phenoxy) is 2. The van der Waals surface area contributed by atoms with Crippen LogP contribution >= 0.6 is 22.9 Å². The Bertz CT molecular complexity index is 1390. The van der Waals surface area contributed by atoms with Gasteiger partial charge in [-0.2, -0.15) is 0 Å². The number of nitrogens with one attached hydrogen (secondary N) is 2. The molecule has 2 atom stereocenters. The predicted molar refractivity (Wildman–Crippen MR) is 139 cm³/mol. The topological polar surface area (TPSA) is 95.5 Å². The molecule has 38 heavy (non-hydrogen) atoms. The van der Waals surface area contributed by atoms with Crippen LogP contribution in [0.2, 0.25) is 5.02 Å². The number of thiazole rings is 1. The fraction of sp³-hybridized carbons (Fsp3) is 0.360. The lowest BCUT2D eigenvalue weighted by atomic mass is 9.94. The third-order valence-electron chi connectivity index (χ3n) is 6.22. The molecule has 0 saturated heterocycles. The van der Waals surface area contributed by atoms with Gasteiger partial charge in [-0.3, -0.25) is 4.79 Å². The number of rotatable bonds is 7. The number of benzene rings is 2. The van der Waals surface area contributed by atoms with Crippen molar-refractivity contribution in [3.63, 3.8) is 0 Å². The second-order valence-electron chi connectivity index (χ2n) is 10.0. The van der Waals surface area contributed by atoms with E-state index in [-0.39, 0.29) is 27.6 Å². The number of alkyl halides is 2. The van der Waals surface area contributed by atoms with Gasteiger partial charge in [-0.15, -0.1) is 13.5 Å². The lowest BCUT2D eigenvalue weighted by Gasteiger charge is -2.28. The SMILES string of the molecule is CC(C)(C)[S@@+]([O-])N[C@H](c1cnc(NC(=O)C2(c3ccc4c(c3)OC(F)(F)O4)CC2)s1)c1ccc(F)cc1Cl. The van der Waals surface area contributed by atoms with Crippen LogP contribution in [0.25, 0.3) is 0 Å². The van der Waals surface area contributed by atoms with Gasteiger partial charge in [-0.05, 0) is 69.0 Å². The minimum atomic E-state index is -3.74. The number of aromatic nitrogens is 1. The molecular formula is C25H23ClF3N3O4S2. The average Bonchev–Trinajstić information content (AvgIpc) is 3.40. The van der Waals surface area contributed by atoms with E-state index in [1.807, 2.05) is 20.8 Å². The third kappa shape index (κ3) is 5.32. The first-order valence-electron chi connectivity index (χ1n) is 11.6. The smallest absolute Gasteiger partial charge is 0.586 e. The third-order valence-corrected chi connectivity index (χ3v) is 9.09. The van der Waals surface area contributed by atoms with Crippen LogP contribution in [0, 0.1) is 5.82 Å². The summed E-state index contributed by atoms with van der Waals surface area (Å²) in [5.41, 5.74) is 0.126. The molecule has 3 aromatic rings. The van der Waals surface area contributed by atoms with Gasteiger partial charge in [0.25, 0.3) is 0 Å². The Kier molecular flexibility index (Phi) is 6.84. The summed E-state index contributed by atoms with van der Waals surface area (Å²) in [6.07, 6.45) is -1.17. The second-order valence-corrected chi connectivity index (χ2v) is 13.5. The summed E-state index contributed by atoms with van der Waals surface area (Å²) in [6, 6.07) is 7.59. The Morgan fingerprint density at radius 1 is 1.18 bits per heavy atom. The van der Waals surface area contributed by atoms with E-state index in [4.69, 9.17) is 11.6 Å². The molecule has 7 nitrogen and oxygen atoms in total. The molecule has 202 valence electrons. The molecule has 2 N–H and O–H groups in total. The molecular weight excluding hydrogens is 563 g/mol. The molecule has 1 saturated carbocycles. The summed E-state index contributed by atoms with van der Waals surface area (Å²) < 4.78 is 64.9. The highest BCUT2D eigenvalue weighted by Crippen LogP contribution is 2.52. The predicted octanol–water partition coefficient (Wildman–Crippen LogP) is 6.07. The minimum absolute atomic E-state index is 0.0924. The van der Waals surface area contributed by atoms with Gasteiger partial charge in [0.15, 0.2) is 16.6 Å². The molecule has 13 heteroatoms. The van der Waals surface area contributed by atoms with Crippen molar-refractivity contribution in [1.82, 2.24) is 9.71 Å². The number of anilines is 1. The maximum Gasteiger partial charge on any atom is 0.586 e. The van der Waals surface area contributed by atoms with E-state index in [0.717, 1.165) is 11.3 Å². The van der Waals surface area contributed by atoms with Gasteiger partial charge >= 0.3 is 6.29 Å². The van der Waals surface area contributed by atoms with Crippen LogP contribution in [0.4, 0.5) is 18.3 Å². The highest BCUT2D eigenvalue weighted by molar-refractivity contribution is 7.90. The number of carbonyl (C=O) groups is 1. The largest absolute Gasteiger partial charge is 0.598 e. The number of hydrogen-bond acceptors (Lipinski definition) is 7. The Morgan fingerprint density at radius 2 is 1.89 bits per heavy atom. The first-order valence-corrected chi connectivity index (χ1v) is 13.9. The van der Waals surface area contributed by atoms with Gasteiger partial charge in [0.2, 0.25) is 5.91 Å². The van der Waals surface area contributed by atoms with Crippen LogP contribution in [0.5, 0.6) is 11.5 Å². The van der Waals surface area contributed by atoms with Crippen LogP contribution in [-0.4, -0.2) is 26.5 Å². The maximum atomic E-state index is 13.7. The summed E-state index contributed by atoms with van der Waals surface area (Å²) in [4.78, 5) is 18.2. The van der Waals surface area contributed by atoms with Gasteiger partial charge in [0.1, 0.15) is 16.6 Å². The van der Waals surface area contributed by atoms with E-state index in [9.17, 15) is 22.5 Å². The number of fused-ring (bicyclic) bond motifs is 1. The lowest BCUT2D eigenvalue weighted by Crippen LogP contribution is -2.41. The van der Waals surface area contributed by atoms with Crippen molar-refractivity contribution >= 4 is 45.3 Å². The van der Waals surface area contributed by atoms with Gasteiger partial charge in [0.05, 0.1) is 10.3 Å². The molecule has 0 bridgehead atoms. The molecule has 2 aromatic carbocycles.